The van der Waals surface area contributed by atoms with Crippen LogP contribution in [0.25, 0.3) is 0 Å². The van der Waals surface area contributed by atoms with Crippen LogP contribution in [0, 0.1) is 0 Å². The standard InChI is InChI=1S/C12H15ClN2/c13-9-2-4-11-8(7-9)1-3-12-10(14)5-6-15(11)12/h2,4,7,10,12H,1,3,5-6,14H2. The minimum absolute atomic E-state index is 0.355. The van der Waals surface area contributed by atoms with Crippen LogP contribution in [0.3, 0.4) is 0 Å². The minimum Gasteiger partial charge on any atom is -0.367 e. The number of hydrogen-bond acceptors (Lipinski definition) is 2. The van der Waals surface area contributed by atoms with Crippen molar-refractivity contribution in [2.45, 2.75) is 31.3 Å². The second-order valence-electron chi connectivity index (χ2n) is 4.52. The third kappa shape index (κ3) is 1.44. The van der Waals surface area contributed by atoms with E-state index in [1.54, 1.807) is 0 Å². The van der Waals surface area contributed by atoms with Crippen molar-refractivity contribution in [3.8, 4) is 0 Å². The first-order valence-electron chi connectivity index (χ1n) is 5.56. The van der Waals surface area contributed by atoms with Crippen LogP contribution < -0.4 is 10.6 Å². The summed E-state index contributed by atoms with van der Waals surface area (Å²) >= 11 is 6.01. The van der Waals surface area contributed by atoms with Gasteiger partial charge in [0.25, 0.3) is 0 Å². The molecule has 0 aromatic heterocycles. The molecule has 0 spiro atoms. The van der Waals surface area contributed by atoms with Crippen molar-refractivity contribution in [1.29, 1.82) is 0 Å². The van der Waals surface area contributed by atoms with E-state index in [0.717, 1.165) is 24.4 Å². The molecule has 0 bridgehead atoms. The van der Waals surface area contributed by atoms with E-state index >= 15 is 0 Å². The van der Waals surface area contributed by atoms with Crippen molar-refractivity contribution in [2.75, 3.05) is 11.4 Å². The Labute approximate surface area is 95.0 Å². The third-order valence-corrected chi connectivity index (χ3v) is 3.89. The normalized spacial score (nSPS) is 28.8. The zero-order valence-corrected chi connectivity index (χ0v) is 9.37. The van der Waals surface area contributed by atoms with Gasteiger partial charge in [0.1, 0.15) is 0 Å². The van der Waals surface area contributed by atoms with Gasteiger partial charge in [-0.05, 0) is 43.0 Å². The molecular formula is C12H15ClN2. The van der Waals surface area contributed by atoms with E-state index in [-0.39, 0.29) is 0 Å². The Morgan fingerprint density at radius 3 is 3.07 bits per heavy atom. The van der Waals surface area contributed by atoms with E-state index < -0.39 is 0 Å². The average Bonchev–Trinajstić information content (AvgIpc) is 2.60. The van der Waals surface area contributed by atoms with Crippen LogP contribution in [0.15, 0.2) is 18.2 Å². The molecule has 2 aliphatic rings. The Kier molecular flexibility index (Phi) is 2.15. The fourth-order valence-corrected chi connectivity index (χ4v) is 3.08. The fraction of sp³-hybridized carbons (Fsp3) is 0.500. The number of hydrogen-bond donors (Lipinski definition) is 1. The second kappa shape index (κ2) is 3.39. The van der Waals surface area contributed by atoms with Gasteiger partial charge in [-0.25, -0.2) is 0 Å². The lowest BCUT2D eigenvalue weighted by Crippen LogP contribution is -2.42. The topological polar surface area (TPSA) is 29.3 Å². The number of nitrogens with two attached hydrogens (primary N) is 1. The summed E-state index contributed by atoms with van der Waals surface area (Å²) < 4.78 is 0. The van der Waals surface area contributed by atoms with Gasteiger partial charge >= 0.3 is 0 Å². The molecule has 2 atom stereocenters. The van der Waals surface area contributed by atoms with Crippen LogP contribution in [0.1, 0.15) is 18.4 Å². The van der Waals surface area contributed by atoms with Gasteiger partial charge < -0.3 is 10.6 Å². The molecule has 15 heavy (non-hydrogen) atoms. The van der Waals surface area contributed by atoms with Crippen molar-refractivity contribution < 1.29 is 0 Å². The summed E-state index contributed by atoms with van der Waals surface area (Å²) in [4.78, 5) is 2.46. The Morgan fingerprint density at radius 1 is 1.33 bits per heavy atom. The Balaban J connectivity index is 2.02. The largest absolute Gasteiger partial charge is 0.367 e. The van der Waals surface area contributed by atoms with Gasteiger partial charge in [-0.15, -0.1) is 0 Å². The van der Waals surface area contributed by atoms with E-state index in [4.69, 9.17) is 17.3 Å². The molecule has 2 heterocycles. The molecule has 1 aromatic carbocycles. The van der Waals surface area contributed by atoms with Crippen LogP contribution in [0.4, 0.5) is 5.69 Å². The van der Waals surface area contributed by atoms with Crippen LogP contribution in [0.2, 0.25) is 5.02 Å². The molecule has 0 amide bonds. The molecule has 80 valence electrons. The van der Waals surface area contributed by atoms with Crippen molar-refractivity contribution in [3.05, 3.63) is 28.8 Å². The lowest BCUT2D eigenvalue weighted by molar-refractivity contribution is 0.527. The fourth-order valence-electron chi connectivity index (χ4n) is 2.88. The highest BCUT2D eigenvalue weighted by molar-refractivity contribution is 6.30. The monoisotopic (exact) mass is 222 g/mol. The molecular weight excluding hydrogens is 208 g/mol. The predicted octanol–water partition coefficient (Wildman–Crippen LogP) is 2.19. The van der Waals surface area contributed by atoms with Crippen LogP contribution in [0.5, 0.6) is 0 Å². The number of halogens is 1. The van der Waals surface area contributed by atoms with E-state index in [1.807, 2.05) is 6.07 Å². The quantitative estimate of drug-likeness (QED) is 0.729. The molecule has 0 radical (unpaired) electrons. The summed E-state index contributed by atoms with van der Waals surface area (Å²) in [5.41, 5.74) is 8.84. The minimum atomic E-state index is 0.355. The van der Waals surface area contributed by atoms with Crippen molar-refractivity contribution in [3.63, 3.8) is 0 Å². The van der Waals surface area contributed by atoms with E-state index in [0.29, 0.717) is 12.1 Å². The summed E-state index contributed by atoms with van der Waals surface area (Å²) in [6.45, 7) is 1.10. The average molecular weight is 223 g/mol. The maximum Gasteiger partial charge on any atom is 0.0445 e. The Bertz CT molecular complexity index is 391. The van der Waals surface area contributed by atoms with E-state index in [2.05, 4.69) is 17.0 Å². The number of benzene rings is 1. The van der Waals surface area contributed by atoms with Crippen LogP contribution >= 0.6 is 11.6 Å². The molecule has 1 saturated heterocycles. The number of nitrogens with zero attached hydrogens (tertiary/aromatic N) is 1. The van der Waals surface area contributed by atoms with E-state index in [9.17, 15) is 0 Å². The highest BCUT2D eigenvalue weighted by Gasteiger charge is 2.35. The van der Waals surface area contributed by atoms with Gasteiger partial charge in [-0.2, -0.15) is 0 Å². The van der Waals surface area contributed by atoms with Gasteiger partial charge in [0, 0.05) is 29.3 Å². The number of rotatable bonds is 0. The Hall–Kier alpha value is -0.730. The molecule has 0 saturated carbocycles. The molecule has 2 aliphatic heterocycles. The molecule has 1 aromatic rings. The lowest BCUT2D eigenvalue weighted by atomic mass is 9.95. The third-order valence-electron chi connectivity index (χ3n) is 3.66. The van der Waals surface area contributed by atoms with Gasteiger partial charge in [-0.1, -0.05) is 11.6 Å². The highest BCUT2D eigenvalue weighted by atomic mass is 35.5. The first kappa shape index (κ1) is 9.49. The first-order valence-corrected chi connectivity index (χ1v) is 5.94. The van der Waals surface area contributed by atoms with Gasteiger partial charge in [0.15, 0.2) is 0 Å². The van der Waals surface area contributed by atoms with E-state index in [1.165, 1.54) is 17.7 Å². The Morgan fingerprint density at radius 2 is 2.20 bits per heavy atom. The SMILES string of the molecule is NC1CCN2c3ccc(Cl)cc3CCC12. The smallest absolute Gasteiger partial charge is 0.0445 e. The number of aryl methyl sites for hydroxylation is 1. The van der Waals surface area contributed by atoms with Crippen LogP contribution in [-0.2, 0) is 6.42 Å². The molecule has 1 fully saturated rings. The molecule has 2 nitrogen and oxygen atoms in total. The zero-order valence-electron chi connectivity index (χ0n) is 8.62. The summed E-state index contributed by atoms with van der Waals surface area (Å²) in [6.07, 6.45) is 3.41. The summed E-state index contributed by atoms with van der Waals surface area (Å²) in [5, 5.41) is 0.843. The molecule has 3 heteroatoms. The van der Waals surface area contributed by atoms with Gasteiger partial charge in [0.2, 0.25) is 0 Å². The lowest BCUT2D eigenvalue weighted by Gasteiger charge is -2.35. The van der Waals surface area contributed by atoms with Crippen molar-refractivity contribution >= 4 is 17.3 Å². The predicted molar refractivity (Wildman–Crippen MR) is 63.5 cm³/mol. The van der Waals surface area contributed by atoms with Crippen molar-refractivity contribution in [1.82, 2.24) is 0 Å². The van der Waals surface area contributed by atoms with Gasteiger partial charge in [-0.3, -0.25) is 0 Å². The molecule has 3 rings (SSSR count). The summed E-state index contributed by atoms with van der Waals surface area (Å²) in [5.74, 6) is 0. The maximum absolute atomic E-state index is 6.11. The van der Waals surface area contributed by atoms with Crippen molar-refractivity contribution in [2.24, 2.45) is 5.73 Å². The maximum atomic E-state index is 6.11. The zero-order chi connectivity index (χ0) is 10.4. The summed E-state index contributed by atoms with van der Waals surface area (Å²) in [7, 11) is 0. The van der Waals surface area contributed by atoms with Crippen LogP contribution in [-0.4, -0.2) is 18.6 Å². The summed E-state index contributed by atoms with van der Waals surface area (Å²) in [6, 6.07) is 7.12. The highest BCUT2D eigenvalue weighted by Crippen LogP contribution is 2.36. The first-order chi connectivity index (χ1) is 7.25. The molecule has 2 N–H and O–H groups in total. The second-order valence-corrected chi connectivity index (χ2v) is 4.96. The number of anilines is 1. The van der Waals surface area contributed by atoms with Gasteiger partial charge in [0.05, 0.1) is 0 Å². The molecule has 0 aliphatic carbocycles. The number of fused-ring (bicyclic) bond motifs is 3. The molecule has 2 unspecified atom stereocenters.